The van der Waals surface area contributed by atoms with Crippen LogP contribution in [0, 0.1) is 10.1 Å². The predicted octanol–water partition coefficient (Wildman–Crippen LogP) is 4.45. The van der Waals surface area contributed by atoms with Crippen LogP contribution in [0.1, 0.15) is 11.1 Å². The van der Waals surface area contributed by atoms with E-state index in [9.17, 15) is 14.9 Å². The van der Waals surface area contributed by atoms with Crippen molar-refractivity contribution in [3.8, 4) is 0 Å². The van der Waals surface area contributed by atoms with Crippen LogP contribution in [0.4, 0.5) is 5.69 Å². The zero-order chi connectivity index (χ0) is 17.5. The molecule has 0 bridgehead atoms. The molecule has 2 aromatic rings. The van der Waals surface area contributed by atoms with Crippen molar-refractivity contribution >= 4 is 46.6 Å². The summed E-state index contributed by atoms with van der Waals surface area (Å²) in [4.78, 5) is 22.0. The van der Waals surface area contributed by atoms with Gasteiger partial charge in [-0.25, -0.2) is 0 Å². The molecule has 1 N–H and O–H groups in total. The lowest BCUT2D eigenvalue weighted by Crippen LogP contribution is -2.24. The average molecular weight is 385 g/mol. The maximum absolute atomic E-state index is 11.8. The zero-order valence-electron chi connectivity index (χ0n) is 12.5. The summed E-state index contributed by atoms with van der Waals surface area (Å²) in [6.07, 6.45) is 0. The molecule has 0 unspecified atom stereocenters. The number of nitrogens with one attached hydrogen (secondary N) is 1. The number of nitrogens with zero attached hydrogens (tertiary/aromatic N) is 1. The van der Waals surface area contributed by atoms with E-state index in [0.717, 1.165) is 11.1 Å². The Balaban J connectivity index is 1.74. The molecular weight excluding hydrogens is 371 g/mol. The largest absolute Gasteiger partial charge is 0.351 e. The number of benzene rings is 2. The number of nitro benzene ring substituents is 1. The number of carbonyl (C=O) groups is 1. The Morgan fingerprint density at radius 1 is 1.17 bits per heavy atom. The molecule has 2 rings (SSSR count). The lowest BCUT2D eigenvalue weighted by Gasteiger charge is -2.07. The molecule has 2 aromatic carbocycles. The van der Waals surface area contributed by atoms with E-state index in [0.29, 0.717) is 28.1 Å². The number of hydrogen-bond acceptors (Lipinski definition) is 4. The summed E-state index contributed by atoms with van der Waals surface area (Å²) >= 11 is 13.3. The molecule has 0 saturated heterocycles. The third-order valence-corrected chi connectivity index (χ3v) is 4.73. The van der Waals surface area contributed by atoms with Crippen LogP contribution in [-0.4, -0.2) is 16.6 Å². The van der Waals surface area contributed by atoms with Gasteiger partial charge in [-0.15, -0.1) is 11.8 Å². The molecule has 0 saturated carbocycles. The minimum Gasteiger partial charge on any atom is -0.351 e. The van der Waals surface area contributed by atoms with Gasteiger partial charge in [-0.3, -0.25) is 14.9 Å². The Labute approximate surface area is 153 Å². The maximum Gasteiger partial charge on any atom is 0.269 e. The first kappa shape index (κ1) is 18.6. The van der Waals surface area contributed by atoms with Crippen LogP contribution in [0.15, 0.2) is 42.5 Å². The monoisotopic (exact) mass is 384 g/mol. The number of non-ortho nitro benzene ring substituents is 1. The van der Waals surface area contributed by atoms with Crippen molar-refractivity contribution in [2.75, 3.05) is 5.75 Å². The topological polar surface area (TPSA) is 72.2 Å². The summed E-state index contributed by atoms with van der Waals surface area (Å²) in [6, 6.07) is 11.4. The molecule has 0 aliphatic carbocycles. The van der Waals surface area contributed by atoms with Gasteiger partial charge in [0.15, 0.2) is 0 Å². The fourth-order valence-electron chi connectivity index (χ4n) is 1.89. The van der Waals surface area contributed by atoms with E-state index in [-0.39, 0.29) is 11.6 Å². The van der Waals surface area contributed by atoms with Crippen molar-refractivity contribution in [3.05, 3.63) is 73.8 Å². The predicted molar refractivity (Wildman–Crippen MR) is 97.6 cm³/mol. The second-order valence-corrected chi connectivity index (χ2v) is 6.76. The molecule has 24 heavy (non-hydrogen) atoms. The molecule has 0 atom stereocenters. The van der Waals surface area contributed by atoms with Crippen LogP contribution < -0.4 is 5.32 Å². The molecule has 0 aromatic heterocycles. The summed E-state index contributed by atoms with van der Waals surface area (Å²) in [7, 11) is 0. The maximum atomic E-state index is 11.8. The van der Waals surface area contributed by atoms with Crippen LogP contribution in [0.2, 0.25) is 10.0 Å². The second-order valence-electron chi connectivity index (χ2n) is 4.93. The Morgan fingerprint density at radius 2 is 1.88 bits per heavy atom. The highest BCUT2D eigenvalue weighted by atomic mass is 35.5. The van der Waals surface area contributed by atoms with Crippen molar-refractivity contribution in [3.63, 3.8) is 0 Å². The van der Waals surface area contributed by atoms with E-state index < -0.39 is 4.92 Å². The standard InChI is InChI=1S/C16H14Cl2N2O3S/c17-13-4-3-12(15(18)7-13)8-19-16(21)10-24-9-11-1-5-14(6-2-11)20(22)23/h1-7H,8-10H2,(H,19,21). The van der Waals surface area contributed by atoms with Gasteiger partial charge in [0.2, 0.25) is 5.91 Å². The summed E-state index contributed by atoms with van der Waals surface area (Å²) in [6.45, 7) is 0.340. The van der Waals surface area contributed by atoms with Gasteiger partial charge in [-0.1, -0.05) is 41.4 Å². The smallest absolute Gasteiger partial charge is 0.269 e. The van der Waals surface area contributed by atoms with Crippen LogP contribution in [0.3, 0.4) is 0 Å². The van der Waals surface area contributed by atoms with Crippen LogP contribution in [0.25, 0.3) is 0 Å². The zero-order valence-corrected chi connectivity index (χ0v) is 14.8. The van der Waals surface area contributed by atoms with Gasteiger partial charge in [0, 0.05) is 34.5 Å². The summed E-state index contributed by atoms with van der Waals surface area (Å²) in [5.41, 5.74) is 1.79. The molecule has 0 radical (unpaired) electrons. The lowest BCUT2D eigenvalue weighted by molar-refractivity contribution is -0.384. The van der Waals surface area contributed by atoms with Crippen molar-refractivity contribution in [2.45, 2.75) is 12.3 Å². The lowest BCUT2D eigenvalue weighted by atomic mass is 10.2. The van der Waals surface area contributed by atoms with Crippen LogP contribution in [-0.2, 0) is 17.1 Å². The third-order valence-electron chi connectivity index (χ3n) is 3.14. The van der Waals surface area contributed by atoms with Crippen LogP contribution in [0.5, 0.6) is 0 Å². The number of amides is 1. The summed E-state index contributed by atoms with van der Waals surface area (Å²) in [5, 5.41) is 14.4. The summed E-state index contributed by atoms with van der Waals surface area (Å²) in [5.74, 6) is 0.794. The summed E-state index contributed by atoms with van der Waals surface area (Å²) < 4.78 is 0. The van der Waals surface area contributed by atoms with E-state index in [1.807, 2.05) is 0 Å². The SMILES string of the molecule is O=C(CSCc1ccc([N+](=O)[O-])cc1)NCc1ccc(Cl)cc1Cl. The fraction of sp³-hybridized carbons (Fsp3) is 0.188. The molecule has 8 heteroatoms. The number of halogens is 2. The minimum absolute atomic E-state index is 0.0568. The Morgan fingerprint density at radius 3 is 2.50 bits per heavy atom. The van der Waals surface area contributed by atoms with Gasteiger partial charge in [0.25, 0.3) is 5.69 Å². The van der Waals surface area contributed by atoms with E-state index in [2.05, 4.69) is 5.32 Å². The first-order chi connectivity index (χ1) is 11.5. The first-order valence-electron chi connectivity index (χ1n) is 6.97. The quantitative estimate of drug-likeness (QED) is 0.565. The Hall–Kier alpha value is -1.76. The fourth-order valence-corrected chi connectivity index (χ4v) is 3.18. The molecule has 5 nitrogen and oxygen atoms in total. The second kappa shape index (κ2) is 8.92. The third kappa shape index (κ3) is 5.70. The number of thioether (sulfide) groups is 1. The normalized spacial score (nSPS) is 10.4. The molecule has 0 fully saturated rings. The van der Waals surface area contributed by atoms with E-state index in [4.69, 9.17) is 23.2 Å². The van der Waals surface area contributed by atoms with Crippen molar-refractivity contribution in [2.24, 2.45) is 0 Å². The van der Waals surface area contributed by atoms with E-state index in [1.54, 1.807) is 30.3 Å². The van der Waals surface area contributed by atoms with Crippen molar-refractivity contribution < 1.29 is 9.72 Å². The molecule has 0 aliphatic heterocycles. The molecule has 0 heterocycles. The molecule has 0 spiro atoms. The minimum atomic E-state index is -0.438. The van der Waals surface area contributed by atoms with E-state index in [1.165, 1.54) is 23.9 Å². The van der Waals surface area contributed by atoms with E-state index >= 15 is 0 Å². The van der Waals surface area contributed by atoms with Gasteiger partial charge in [-0.2, -0.15) is 0 Å². The number of carbonyl (C=O) groups excluding carboxylic acids is 1. The van der Waals surface area contributed by atoms with Gasteiger partial charge >= 0.3 is 0 Å². The highest BCUT2D eigenvalue weighted by Gasteiger charge is 2.07. The van der Waals surface area contributed by atoms with Crippen molar-refractivity contribution in [1.82, 2.24) is 5.32 Å². The molecular formula is C16H14Cl2N2O3S. The van der Waals surface area contributed by atoms with Gasteiger partial charge in [0.05, 0.1) is 10.7 Å². The average Bonchev–Trinajstić information content (AvgIpc) is 2.54. The van der Waals surface area contributed by atoms with Crippen LogP contribution >= 0.6 is 35.0 Å². The molecule has 0 aliphatic rings. The van der Waals surface area contributed by atoms with Gasteiger partial charge < -0.3 is 5.32 Å². The first-order valence-corrected chi connectivity index (χ1v) is 8.88. The Bertz CT molecular complexity index is 739. The highest BCUT2D eigenvalue weighted by molar-refractivity contribution is 7.99. The highest BCUT2D eigenvalue weighted by Crippen LogP contribution is 2.21. The number of rotatable bonds is 7. The van der Waals surface area contributed by atoms with Crippen molar-refractivity contribution in [1.29, 1.82) is 0 Å². The molecule has 126 valence electrons. The molecule has 1 amide bonds. The van der Waals surface area contributed by atoms with Gasteiger partial charge in [0.1, 0.15) is 0 Å². The number of nitro groups is 1. The van der Waals surface area contributed by atoms with Gasteiger partial charge in [-0.05, 0) is 23.3 Å². The Kier molecular flexibility index (Phi) is 6.90. The number of hydrogen-bond donors (Lipinski definition) is 1.